The summed E-state index contributed by atoms with van der Waals surface area (Å²) in [4.78, 5) is 9.78. The molecule has 0 amide bonds. The minimum atomic E-state index is -1.35. The molecule has 5 aromatic carbocycles. The summed E-state index contributed by atoms with van der Waals surface area (Å²) in [5, 5.41) is 3.73. The molecule has 0 N–H and O–H groups in total. The fourth-order valence-electron chi connectivity index (χ4n) is 7.99. The maximum Gasteiger partial charge on any atom is 0.120 e. The number of rotatable bonds is 6. The van der Waals surface area contributed by atoms with Gasteiger partial charge in [0.15, 0.2) is 0 Å². The smallest absolute Gasteiger partial charge is 0.120 e. The van der Waals surface area contributed by atoms with Crippen molar-refractivity contribution in [1.29, 1.82) is 0 Å². The van der Waals surface area contributed by atoms with Gasteiger partial charge in [-0.15, -0.1) is 54.1 Å². The molecule has 0 unspecified atom stereocenters. The van der Waals surface area contributed by atoms with E-state index >= 15 is 0 Å². The molecule has 1 aliphatic carbocycles. The summed E-state index contributed by atoms with van der Waals surface area (Å²) >= 11 is 0. The summed E-state index contributed by atoms with van der Waals surface area (Å²) in [6.07, 6.45) is 9.03. The maximum atomic E-state index is 6.30. The van der Waals surface area contributed by atoms with Crippen LogP contribution in [0.25, 0.3) is 61.3 Å². The summed E-state index contributed by atoms with van der Waals surface area (Å²) in [5.74, 6) is 1.71. The Bertz CT molecular complexity index is 2550. The zero-order chi connectivity index (χ0) is 37.5. The fourth-order valence-corrected chi connectivity index (χ4v) is 9.58. The van der Waals surface area contributed by atoms with Gasteiger partial charge in [-0.05, 0) is 64.5 Å². The van der Waals surface area contributed by atoms with E-state index in [2.05, 4.69) is 136 Å². The van der Waals surface area contributed by atoms with E-state index in [0.29, 0.717) is 0 Å². The van der Waals surface area contributed by atoms with Crippen LogP contribution in [0.5, 0.6) is 0 Å². The molecule has 0 bridgehead atoms. The van der Waals surface area contributed by atoms with Crippen LogP contribution in [0.4, 0.5) is 0 Å². The molecule has 3 aromatic heterocycles. The summed E-state index contributed by atoms with van der Waals surface area (Å²) in [5.41, 5.74) is 10.8. The summed E-state index contributed by atoms with van der Waals surface area (Å²) in [7, 11) is -1.35. The van der Waals surface area contributed by atoms with Gasteiger partial charge in [0, 0.05) is 37.4 Å². The van der Waals surface area contributed by atoms with Crippen molar-refractivity contribution < 1.29 is 24.5 Å². The van der Waals surface area contributed by atoms with E-state index in [0.717, 1.165) is 67.2 Å². The molecule has 1 aliphatic rings. The Morgan fingerprint density at radius 3 is 2.25 bits per heavy atom. The van der Waals surface area contributed by atoms with E-state index in [-0.39, 0.29) is 25.5 Å². The Balaban J connectivity index is 0.000000178. The molecule has 8 aromatic rings. The second-order valence-electron chi connectivity index (χ2n) is 16.9. The van der Waals surface area contributed by atoms with E-state index in [1.165, 1.54) is 37.7 Å². The van der Waals surface area contributed by atoms with E-state index in [4.69, 9.17) is 14.4 Å². The molecule has 1 saturated carbocycles. The molecule has 0 aliphatic heterocycles. The number of imidazole rings is 1. The van der Waals surface area contributed by atoms with Gasteiger partial charge in [0.25, 0.3) is 0 Å². The van der Waals surface area contributed by atoms with E-state index in [1.54, 1.807) is 10.8 Å². The monoisotopic (exact) mass is 916 g/mol. The van der Waals surface area contributed by atoms with Crippen LogP contribution in [0.1, 0.15) is 57.6 Å². The SMILES string of the molecule is CC(C)(C)c1ccc(-n2c(-c3[c-]ccc4c3oc3ccccc34)nc3ccccc32)cc1.C[Si](C)(C)c1cnc(-c2[c-]cccc2)cc1CC1CCCC1.[Ir]. The van der Waals surface area contributed by atoms with Crippen LogP contribution < -0.4 is 5.19 Å². The summed E-state index contributed by atoms with van der Waals surface area (Å²) in [6, 6.07) is 46.4. The Hall–Kier alpha value is -4.61. The first kappa shape index (κ1) is 38.7. The van der Waals surface area contributed by atoms with Crippen LogP contribution in [0.3, 0.4) is 0 Å². The Morgan fingerprint density at radius 2 is 1.53 bits per heavy atom. The van der Waals surface area contributed by atoms with Crippen molar-refractivity contribution in [2.24, 2.45) is 5.92 Å². The molecule has 281 valence electrons. The van der Waals surface area contributed by atoms with E-state index in [1.807, 2.05) is 42.5 Å². The molecule has 0 spiro atoms. The molecule has 1 radical (unpaired) electrons. The standard InChI is InChI=1S/C29H23N2O.C20H26NSi.Ir/c1-29(2,3)19-15-17-20(18-16-19)31-25-13-6-5-12-24(25)30-28(31)23-11-8-10-22-21-9-4-7-14-26(21)32-27(22)23;1-22(2,3)20-15-21-19(17-11-5-4-6-12-17)14-18(20)13-16-9-7-8-10-16;/h4-10,12-18H,1-3H3;4-6,11,14-16H,7-10,13H2,1-3H3;/q2*-1;. The van der Waals surface area contributed by atoms with Crippen molar-refractivity contribution in [2.75, 3.05) is 0 Å². The van der Waals surface area contributed by atoms with E-state index in [9.17, 15) is 0 Å². The third-order valence-corrected chi connectivity index (χ3v) is 12.9. The quantitative estimate of drug-likeness (QED) is 0.123. The first-order valence-electron chi connectivity index (χ1n) is 19.4. The predicted octanol–water partition coefficient (Wildman–Crippen LogP) is 12.5. The normalized spacial score (nSPS) is 13.6. The van der Waals surface area contributed by atoms with Gasteiger partial charge in [0.1, 0.15) is 5.58 Å². The van der Waals surface area contributed by atoms with Gasteiger partial charge in [-0.25, -0.2) is 0 Å². The molecule has 0 atom stereocenters. The van der Waals surface area contributed by atoms with E-state index < -0.39 is 8.07 Å². The average Bonchev–Trinajstić information content (AvgIpc) is 3.92. The van der Waals surface area contributed by atoms with Gasteiger partial charge in [0.05, 0.1) is 30.5 Å². The van der Waals surface area contributed by atoms with Gasteiger partial charge in [0.2, 0.25) is 0 Å². The minimum absolute atomic E-state index is 0. The molecule has 9 rings (SSSR count). The number of furan rings is 1. The summed E-state index contributed by atoms with van der Waals surface area (Å²) in [6.45, 7) is 14.0. The Kier molecular flexibility index (Phi) is 11.1. The first-order valence-corrected chi connectivity index (χ1v) is 22.9. The van der Waals surface area contributed by atoms with Gasteiger partial charge in [-0.1, -0.05) is 131 Å². The fraction of sp³-hybridized carbons (Fsp3) is 0.265. The summed E-state index contributed by atoms with van der Waals surface area (Å²) < 4.78 is 8.51. The Labute approximate surface area is 340 Å². The largest absolute Gasteiger partial charge is 0.501 e. The van der Waals surface area contributed by atoms with Crippen molar-refractivity contribution in [3.63, 3.8) is 0 Å². The molecule has 1 fully saturated rings. The minimum Gasteiger partial charge on any atom is -0.501 e. The zero-order valence-electron chi connectivity index (χ0n) is 32.7. The third kappa shape index (κ3) is 8.05. The number of aromatic nitrogens is 3. The molecule has 0 saturated heterocycles. The number of para-hydroxylation sites is 3. The average molecular weight is 916 g/mol. The molecule has 4 nitrogen and oxygen atoms in total. The first-order chi connectivity index (χ1) is 26.0. The van der Waals surface area contributed by atoms with Crippen LogP contribution in [0.2, 0.25) is 19.6 Å². The number of pyridine rings is 1. The van der Waals surface area contributed by atoms with Crippen LogP contribution in [0.15, 0.2) is 126 Å². The van der Waals surface area contributed by atoms with Crippen molar-refractivity contribution in [2.45, 2.75) is 77.9 Å². The van der Waals surface area contributed by atoms with Crippen LogP contribution in [0, 0.1) is 18.1 Å². The van der Waals surface area contributed by atoms with Gasteiger partial charge in [-0.3, -0.25) is 4.98 Å². The molecular formula is C49H49IrN3OSi-2. The molecule has 55 heavy (non-hydrogen) atoms. The third-order valence-electron chi connectivity index (χ3n) is 10.9. The number of nitrogens with zero attached hydrogens (tertiary/aromatic N) is 3. The molecule has 6 heteroatoms. The van der Waals surface area contributed by atoms with Crippen LogP contribution in [-0.4, -0.2) is 22.6 Å². The molecule has 3 heterocycles. The van der Waals surface area contributed by atoms with Crippen molar-refractivity contribution in [3.8, 4) is 28.3 Å². The van der Waals surface area contributed by atoms with Gasteiger partial charge in [-0.2, -0.15) is 0 Å². The number of hydrogen-bond donors (Lipinski definition) is 0. The van der Waals surface area contributed by atoms with Gasteiger partial charge >= 0.3 is 0 Å². The zero-order valence-corrected chi connectivity index (χ0v) is 36.1. The van der Waals surface area contributed by atoms with Crippen LogP contribution >= 0.6 is 0 Å². The second-order valence-corrected chi connectivity index (χ2v) is 21.9. The van der Waals surface area contributed by atoms with Crippen molar-refractivity contribution in [1.82, 2.24) is 14.5 Å². The second kappa shape index (κ2) is 15.9. The maximum absolute atomic E-state index is 6.30. The Morgan fingerprint density at radius 1 is 0.800 bits per heavy atom. The topological polar surface area (TPSA) is 43.9 Å². The van der Waals surface area contributed by atoms with Crippen molar-refractivity contribution in [3.05, 3.63) is 145 Å². The number of fused-ring (bicyclic) bond motifs is 4. The van der Waals surface area contributed by atoms with Crippen LogP contribution in [-0.2, 0) is 31.9 Å². The van der Waals surface area contributed by atoms with Crippen molar-refractivity contribution >= 4 is 46.2 Å². The molecular weight excluding hydrogens is 867 g/mol. The number of hydrogen-bond acceptors (Lipinski definition) is 3. The predicted molar refractivity (Wildman–Crippen MR) is 228 cm³/mol. The number of benzene rings is 5. The van der Waals surface area contributed by atoms with Gasteiger partial charge < -0.3 is 14.0 Å².